The van der Waals surface area contributed by atoms with Crippen molar-refractivity contribution in [3.63, 3.8) is 0 Å². The predicted molar refractivity (Wildman–Crippen MR) is 88.2 cm³/mol. The number of hydrazone groups is 2. The van der Waals surface area contributed by atoms with Crippen LogP contribution in [0.2, 0.25) is 0 Å². The van der Waals surface area contributed by atoms with E-state index in [9.17, 15) is 9.59 Å². The average molecular weight is 327 g/mol. The lowest BCUT2D eigenvalue weighted by atomic mass is 9.94. The summed E-state index contributed by atoms with van der Waals surface area (Å²) >= 11 is 0. The second-order valence-corrected chi connectivity index (χ2v) is 5.12. The highest BCUT2D eigenvalue weighted by molar-refractivity contribution is 6.43. The number of anilines is 1. The molecule has 0 saturated carbocycles. The van der Waals surface area contributed by atoms with Crippen molar-refractivity contribution < 1.29 is 14.3 Å². The third-order valence-corrected chi connectivity index (χ3v) is 3.31. The van der Waals surface area contributed by atoms with Gasteiger partial charge >= 0.3 is 5.97 Å². The molecule has 1 heterocycles. The van der Waals surface area contributed by atoms with E-state index >= 15 is 0 Å². The molecule has 1 atom stereocenters. The zero-order valence-electron chi connectivity index (χ0n) is 13.4. The zero-order chi connectivity index (χ0) is 17.5. The molecule has 0 aliphatic carbocycles. The number of ether oxygens (including phenoxy) is 1. The van der Waals surface area contributed by atoms with E-state index in [4.69, 9.17) is 10.00 Å². The van der Waals surface area contributed by atoms with Gasteiger partial charge in [0.05, 0.1) is 18.0 Å². The van der Waals surface area contributed by atoms with Gasteiger partial charge in [0.25, 0.3) is 0 Å². The van der Waals surface area contributed by atoms with E-state index in [1.54, 1.807) is 25.1 Å². The van der Waals surface area contributed by atoms with Gasteiger partial charge in [0.2, 0.25) is 11.6 Å². The fraction of sp³-hybridized carbons (Fsp3) is 0.312. The van der Waals surface area contributed by atoms with Gasteiger partial charge in [-0.05, 0) is 24.6 Å². The summed E-state index contributed by atoms with van der Waals surface area (Å²) in [4.78, 5) is 22.7. The van der Waals surface area contributed by atoms with Gasteiger partial charge in [0.1, 0.15) is 6.07 Å². The molecule has 8 heteroatoms. The van der Waals surface area contributed by atoms with Gasteiger partial charge in [0, 0.05) is 12.3 Å². The lowest BCUT2D eigenvalue weighted by molar-refractivity contribution is -0.134. The van der Waals surface area contributed by atoms with E-state index in [0.29, 0.717) is 12.1 Å². The van der Waals surface area contributed by atoms with Gasteiger partial charge in [-0.2, -0.15) is 15.5 Å². The van der Waals surface area contributed by atoms with Gasteiger partial charge in [-0.3, -0.25) is 10.2 Å². The molecule has 0 saturated heterocycles. The molecule has 24 heavy (non-hydrogen) atoms. The molecule has 1 aliphatic heterocycles. The highest BCUT2D eigenvalue weighted by Crippen LogP contribution is 2.18. The number of rotatable bonds is 5. The van der Waals surface area contributed by atoms with Crippen LogP contribution in [0.3, 0.4) is 0 Å². The van der Waals surface area contributed by atoms with Crippen LogP contribution < -0.4 is 10.9 Å². The van der Waals surface area contributed by atoms with Crippen molar-refractivity contribution in [2.75, 3.05) is 12.0 Å². The van der Waals surface area contributed by atoms with Crippen LogP contribution in [0.1, 0.15) is 25.8 Å². The number of nitrogens with one attached hydrogen (secondary N) is 2. The molecule has 0 bridgehead atoms. The Morgan fingerprint density at radius 2 is 2.21 bits per heavy atom. The number of nitriles is 1. The minimum atomic E-state index is -0.773. The molecule has 0 unspecified atom stereocenters. The fourth-order valence-electron chi connectivity index (χ4n) is 2.15. The third kappa shape index (κ3) is 4.16. The normalized spacial score (nSPS) is 17.4. The first-order valence-corrected chi connectivity index (χ1v) is 7.43. The van der Waals surface area contributed by atoms with E-state index in [2.05, 4.69) is 21.1 Å². The predicted octanol–water partition coefficient (Wildman–Crippen LogP) is 1.40. The van der Waals surface area contributed by atoms with Crippen LogP contribution >= 0.6 is 0 Å². The summed E-state index contributed by atoms with van der Waals surface area (Å²) in [5.41, 5.74) is 7.04. The van der Waals surface area contributed by atoms with E-state index < -0.39 is 5.97 Å². The van der Waals surface area contributed by atoms with Crippen LogP contribution in [0.4, 0.5) is 5.69 Å². The fourth-order valence-corrected chi connectivity index (χ4v) is 2.15. The van der Waals surface area contributed by atoms with Crippen molar-refractivity contribution in [3.05, 3.63) is 29.8 Å². The number of hydrogen-bond donors (Lipinski definition) is 2. The van der Waals surface area contributed by atoms with Crippen molar-refractivity contribution >= 4 is 29.0 Å². The Bertz CT molecular complexity index is 731. The van der Waals surface area contributed by atoms with E-state index in [0.717, 1.165) is 11.3 Å². The lowest BCUT2D eigenvalue weighted by Crippen LogP contribution is -2.31. The number of carbonyl (C=O) groups excluding carboxylic acids is 2. The molecular formula is C16H17N5O3. The first kappa shape index (κ1) is 17.1. The Labute approximate surface area is 139 Å². The topological polar surface area (TPSA) is 116 Å². The molecule has 0 radical (unpaired) electrons. The molecule has 2 N–H and O–H groups in total. The number of nitrogens with zero attached hydrogens (tertiary/aromatic N) is 3. The van der Waals surface area contributed by atoms with Crippen molar-refractivity contribution in [1.29, 1.82) is 5.26 Å². The monoisotopic (exact) mass is 327 g/mol. The molecule has 1 aromatic rings. The summed E-state index contributed by atoms with van der Waals surface area (Å²) in [6.07, 6.45) is 0.397. The van der Waals surface area contributed by atoms with Crippen LogP contribution in [0.15, 0.2) is 34.5 Å². The third-order valence-electron chi connectivity index (χ3n) is 3.31. The number of hydrogen-bond acceptors (Lipinski definition) is 7. The minimum absolute atomic E-state index is 0.0320. The quantitative estimate of drug-likeness (QED) is 0.482. The largest absolute Gasteiger partial charge is 0.461 e. The maximum Gasteiger partial charge on any atom is 0.369 e. The van der Waals surface area contributed by atoms with Crippen LogP contribution in [-0.4, -0.2) is 29.9 Å². The first-order chi connectivity index (χ1) is 11.5. The van der Waals surface area contributed by atoms with Crippen molar-refractivity contribution in [1.82, 2.24) is 5.43 Å². The Balaban J connectivity index is 2.09. The average Bonchev–Trinajstić information content (AvgIpc) is 2.56. The smallest absolute Gasteiger partial charge is 0.369 e. The molecule has 0 aromatic heterocycles. The Morgan fingerprint density at radius 1 is 1.50 bits per heavy atom. The molecule has 8 nitrogen and oxygen atoms in total. The van der Waals surface area contributed by atoms with Gasteiger partial charge in [-0.1, -0.05) is 19.1 Å². The molecule has 1 aromatic carbocycles. The van der Waals surface area contributed by atoms with Crippen molar-refractivity contribution in [2.24, 2.45) is 16.1 Å². The maximum absolute atomic E-state index is 11.5. The number of amides is 1. The number of carbonyl (C=O) groups is 2. The summed E-state index contributed by atoms with van der Waals surface area (Å²) in [5.74, 6) is -0.836. The van der Waals surface area contributed by atoms with Gasteiger partial charge in [0.15, 0.2) is 0 Å². The molecule has 124 valence electrons. The van der Waals surface area contributed by atoms with E-state index in [-0.39, 0.29) is 24.1 Å². The van der Waals surface area contributed by atoms with Crippen LogP contribution in [0, 0.1) is 17.2 Å². The van der Waals surface area contributed by atoms with Crippen LogP contribution in [0.5, 0.6) is 0 Å². The number of benzene rings is 1. The Kier molecular flexibility index (Phi) is 5.63. The van der Waals surface area contributed by atoms with Crippen molar-refractivity contribution in [3.8, 4) is 6.07 Å². The molecule has 2 rings (SSSR count). The van der Waals surface area contributed by atoms with Gasteiger partial charge < -0.3 is 4.74 Å². The lowest BCUT2D eigenvalue weighted by Gasteiger charge is -2.19. The zero-order valence-corrected chi connectivity index (χ0v) is 13.4. The second-order valence-electron chi connectivity index (χ2n) is 5.12. The van der Waals surface area contributed by atoms with Gasteiger partial charge in [-0.15, -0.1) is 0 Å². The first-order valence-electron chi connectivity index (χ1n) is 7.43. The number of esters is 1. The molecule has 0 spiro atoms. The van der Waals surface area contributed by atoms with Crippen LogP contribution in [-0.2, 0) is 14.3 Å². The summed E-state index contributed by atoms with van der Waals surface area (Å²) in [6.45, 7) is 3.76. The van der Waals surface area contributed by atoms with Crippen LogP contribution in [0.25, 0.3) is 0 Å². The Hall–Kier alpha value is -3.21. The molecular weight excluding hydrogens is 310 g/mol. The highest BCUT2D eigenvalue weighted by atomic mass is 16.5. The summed E-state index contributed by atoms with van der Waals surface area (Å²) in [5, 5.41) is 16.7. The second kappa shape index (κ2) is 7.87. The molecule has 0 fully saturated rings. The Morgan fingerprint density at radius 3 is 2.79 bits per heavy atom. The highest BCUT2D eigenvalue weighted by Gasteiger charge is 2.21. The molecule has 1 aliphatic rings. The van der Waals surface area contributed by atoms with E-state index in [1.165, 1.54) is 0 Å². The van der Waals surface area contributed by atoms with Crippen molar-refractivity contribution in [2.45, 2.75) is 20.3 Å². The summed E-state index contributed by atoms with van der Waals surface area (Å²) in [6, 6.07) is 8.81. The summed E-state index contributed by atoms with van der Waals surface area (Å²) in [7, 11) is 0. The molecule has 1 amide bonds. The SMILES string of the molecule is CCOC(=O)C(C#N)=NNc1ccc(C2=NNC(=O)C[C@H]2C)cc1. The van der Waals surface area contributed by atoms with E-state index in [1.807, 2.05) is 19.1 Å². The minimum Gasteiger partial charge on any atom is -0.461 e. The standard InChI is InChI=1S/C16H17N5O3/c1-3-24-16(23)13(9-17)19-18-12-6-4-11(5-7-12)15-10(2)8-14(22)20-21-15/h4-7,10,18H,3,8H2,1-2H3,(H,20,22)/t10-/m1/s1. The summed E-state index contributed by atoms with van der Waals surface area (Å²) < 4.78 is 4.72. The van der Waals surface area contributed by atoms with Gasteiger partial charge in [-0.25, -0.2) is 10.2 Å². The maximum atomic E-state index is 11.5.